The molecule has 1 rings (SSSR count). The van der Waals surface area contributed by atoms with E-state index in [1.54, 1.807) is 20.8 Å². The summed E-state index contributed by atoms with van der Waals surface area (Å²) >= 11 is 5.77. The monoisotopic (exact) mass is 316 g/mol. The molecule has 0 radical (unpaired) electrons. The molecular formula is C14H18ClFN2O3. The van der Waals surface area contributed by atoms with Crippen LogP contribution in [0.25, 0.3) is 0 Å². The molecule has 0 aromatic heterocycles. The maximum absolute atomic E-state index is 13.5. The fourth-order valence-corrected chi connectivity index (χ4v) is 1.71. The first-order valence-electron chi connectivity index (χ1n) is 6.40. The van der Waals surface area contributed by atoms with E-state index in [9.17, 15) is 14.0 Å². The third kappa shape index (κ3) is 5.99. The Morgan fingerprint density at radius 2 is 1.86 bits per heavy atom. The molecule has 0 unspecified atom stereocenters. The molecule has 21 heavy (non-hydrogen) atoms. The molecule has 0 aliphatic heterocycles. The number of halogens is 2. The summed E-state index contributed by atoms with van der Waals surface area (Å²) in [6, 6.07) is 4.00. The lowest BCUT2D eigenvalue weighted by molar-refractivity contribution is 0.0526. The van der Waals surface area contributed by atoms with Crippen molar-refractivity contribution < 1.29 is 18.7 Å². The first kappa shape index (κ1) is 17.2. The third-order valence-corrected chi connectivity index (χ3v) is 2.58. The normalized spacial score (nSPS) is 10.9. The van der Waals surface area contributed by atoms with Gasteiger partial charge in [-0.25, -0.2) is 9.18 Å². The fourth-order valence-electron chi connectivity index (χ4n) is 1.46. The zero-order valence-electron chi connectivity index (χ0n) is 12.1. The standard InChI is InChI=1S/C14H18ClFN2O3/c1-14(2,3)21-13(20)18-8-7-17-12(19)11-9(15)5-4-6-10(11)16/h4-6H,7-8H2,1-3H3,(H,17,19)(H,18,20). The summed E-state index contributed by atoms with van der Waals surface area (Å²) in [4.78, 5) is 23.1. The topological polar surface area (TPSA) is 67.4 Å². The Kier molecular flexibility index (Phi) is 5.96. The Balaban J connectivity index is 2.40. The van der Waals surface area contributed by atoms with E-state index in [2.05, 4.69) is 10.6 Å². The minimum atomic E-state index is -0.694. The van der Waals surface area contributed by atoms with E-state index >= 15 is 0 Å². The van der Waals surface area contributed by atoms with Crippen molar-refractivity contribution in [3.63, 3.8) is 0 Å². The first-order valence-corrected chi connectivity index (χ1v) is 6.77. The molecule has 0 atom stereocenters. The van der Waals surface area contributed by atoms with Crippen LogP contribution in [0.2, 0.25) is 5.02 Å². The maximum atomic E-state index is 13.5. The van der Waals surface area contributed by atoms with Crippen molar-refractivity contribution in [2.75, 3.05) is 13.1 Å². The minimum Gasteiger partial charge on any atom is -0.444 e. The second kappa shape index (κ2) is 7.26. The number of amides is 2. The van der Waals surface area contributed by atoms with Gasteiger partial charge in [0, 0.05) is 13.1 Å². The molecule has 0 saturated carbocycles. The molecule has 1 aromatic carbocycles. The number of ether oxygens (including phenoxy) is 1. The van der Waals surface area contributed by atoms with Gasteiger partial charge < -0.3 is 15.4 Å². The van der Waals surface area contributed by atoms with Crippen LogP contribution in [0, 0.1) is 5.82 Å². The summed E-state index contributed by atoms with van der Waals surface area (Å²) in [6.07, 6.45) is -0.583. The molecule has 0 aliphatic rings. The van der Waals surface area contributed by atoms with Crippen molar-refractivity contribution in [2.45, 2.75) is 26.4 Å². The summed E-state index contributed by atoms with van der Waals surface area (Å²) in [5.41, 5.74) is -0.801. The Labute approximate surface area is 127 Å². The Morgan fingerprint density at radius 3 is 2.43 bits per heavy atom. The van der Waals surface area contributed by atoms with Crippen molar-refractivity contribution >= 4 is 23.6 Å². The molecule has 1 aromatic rings. The second-order valence-corrected chi connectivity index (χ2v) is 5.69. The van der Waals surface area contributed by atoms with Gasteiger partial charge in [0.1, 0.15) is 11.4 Å². The lowest BCUT2D eigenvalue weighted by atomic mass is 10.2. The molecule has 0 aliphatic carbocycles. The van der Waals surface area contributed by atoms with Crippen molar-refractivity contribution in [3.8, 4) is 0 Å². The highest BCUT2D eigenvalue weighted by Crippen LogP contribution is 2.18. The molecular weight excluding hydrogens is 299 g/mol. The minimum absolute atomic E-state index is 0.0348. The largest absolute Gasteiger partial charge is 0.444 e. The molecule has 0 saturated heterocycles. The van der Waals surface area contributed by atoms with Gasteiger partial charge in [-0.2, -0.15) is 0 Å². The van der Waals surface area contributed by atoms with E-state index in [1.165, 1.54) is 12.1 Å². The van der Waals surface area contributed by atoms with Crippen LogP contribution in [0.5, 0.6) is 0 Å². The zero-order chi connectivity index (χ0) is 16.0. The molecule has 116 valence electrons. The molecule has 5 nitrogen and oxygen atoms in total. The van der Waals surface area contributed by atoms with E-state index < -0.39 is 23.4 Å². The lowest BCUT2D eigenvalue weighted by Gasteiger charge is -2.19. The summed E-state index contributed by atoms with van der Waals surface area (Å²) in [5.74, 6) is -1.33. The molecule has 0 fully saturated rings. The Bertz CT molecular complexity index is 509. The van der Waals surface area contributed by atoms with E-state index in [1.807, 2.05) is 0 Å². The average Bonchev–Trinajstić information content (AvgIpc) is 2.32. The third-order valence-electron chi connectivity index (χ3n) is 2.27. The number of hydrogen-bond donors (Lipinski definition) is 2. The van der Waals surface area contributed by atoms with Gasteiger partial charge in [-0.05, 0) is 32.9 Å². The van der Waals surface area contributed by atoms with E-state index in [4.69, 9.17) is 16.3 Å². The van der Waals surface area contributed by atoms with Crippen LogP contribution in [0.4, 0.5) is 9.18 Å². The molecule has 0 bridgehead atoms. The van der Waals surface area contributed by atoms with Gasteiger partial charge in [-0.3, -0.25) is 4.79 Å². The van der Waals surface area contributed by atoms with Gasteiger partial charge in [-0.1, -0.05) is 17.7 Å². The van der Waals surface area contributed by atoms with E-state index in [-0.39, 0.29) is 23.7 Å². The van der Waals surface area contributed by atoms with Crippen LogP contribution in [-0.2, 0) is 4.74 Å². The smallest absolute Gasteiger partial charge is 0.407 e. The molecule has 2 N–H and O–H groups in total. The SMILES string of the molecule is CC(C)(C)OC(=O)NCCNC(=O)c1c(F)cccc1Cl. The van der Waals surface area contributed by atoms with E-state index in [0.717, 1.165) is 6.07 Å². The summed E-state index contributed by atoms with van der Waals surface area (Å²) < 4.78 is 18.5. The van der Waals surface area contributed by atoms with Gasteiger partial charge in [0.15, 0.2) is 0 Å². The highest BCUT2D eigenvalue weighted by molar-refractivity contribution is 6.33. The maximum Gasteiger partial charge on any atom is 0.407 e. The van der Waals surface area contributed by atoms with Crippen LogP contribution >= 0.6 is 11.6 Å². The summed E-state index contributed by atoms with van der Waals surface area (Å²) in [5, 5.41) is 4.97. The van der Waals surface area contributed by atoms with Crippen LogP contribution in [0.15, 0.2) is 18.2 Å². The predicted octanol–water partition coefficient (Wildman–Crippen LogP) is 2.73. The molecule has 0 spiro atoms. The Hall–Kier alpha value is -1.82. The van der Waals surface area contributed by atoms with Crippen molar-refractivity contribution in [2.24, 2.45) is 0 Å². The quantitative estimate of drug-likeness (QED) is 0.839. The summed E-state index contributed by atoms with van der Waals surface area (Å²) in [6.45, 7) is 5.52. The number of carbonyl (C=O) groups is 2. The number of carbonyl (C=O) groups excluding carboxylic acids is 2. The molecule has 0 heterocycles. The van der Waals surface area contributed by atoms with Gasteiger partial charge >= 0.3 is 6.09 Å². The van der Waals surface area contributed by atoms with Gasteiger partial charge in [0.05, 0.1) is 10.6 Å². The first-order chi connectivity index (χ1) is 9.70. The highest BCUT2D eigenvalue weighted by Gasteiger charge is 2.17. The number of hydrogen-bond acceptors (Lipinski definition) is 3. The van der Waals surface area contributed by atoms with Crippen LogP contribution in [0.1, 0.15) is 31.1 Å². The Morgan fingerprint density at radius 1 is 1.24 bits per heavy atom. The van der Waals surface area contributed by atoms with Gasteiger partial charge in [0.25, 0.3) is 5.91 Å². The van der Waals surface area contributed by atoms with Crippen LogP contribution in [-0.4, -0.2) is 30.7 Å². The summed E-state index contributed by atoms with van der Waals surface area (Å²) in [7, 11) is 0. The number of alkyl carbamates (subject to hydrolysis) is 1. The number of benzene rings is 1. The van der Waals surface area contributed by atoms with Crippen molar-refractivity contribution in [3.05, 3.63) is 34.6 Å². The van der Waals surface area contributed by atoms with Crippen molar-refractivity contribution in [1.29, 1.82) is 0 Å². The highest BCUT2D eigenvalue weighted by atomic mass is 35.5. The average molecular weight is 317 g/mol. The zero-order valence-corrected chi connectivity index (χ0v) is 12.9. The van der Waals surface area contributed by atoms with Crippen LogP contribution < -0.4 is 10.6 Å². The van der Waals surface area contributed by atoms with E-state index in [0.29, 0.717) is 0 Å². The van der Waals surface area contributed by atoms with Gasteiger partial charge in [0.2, 0.25) is 0 Å². The van der Waals surface area contributed by atoms with Crippen molar-refractivity contribution in [1.82, 2.24) is 10.6 Å². The fraction of sp³-hybridized carbons (Fsp3) is 0.429. The predicted molar refractivity (Wildman–Crippen MR) is 78.0 cm³/mol. The van der Waals surface area contributed by atoms with Crippen LogP contribution in [0.3, 0.4) is 0 Å². The molecule has 7 heteroatoms. The second-order valence-electron chi connectivity index (χ2n) is 5.28. The van der Waals surface area contributed by atoms with Gasteiger partial charge in [-0.15, -0.1) is 0 Å². The number of rotatable bonds is 4. The lowest BCUT2D eigenvalue weighted by Crippen LogP contribution is -2.38. The number of nitrogens with one attached hydrogen (secondary N) is 2. The molecule has 2 amide bonds.